The molecule has 0 aromatic heterocycles. The predicted molar refractivity (Wildman–Crippen MR) is 200 cm³/mol. The van der Waals surface area contributed by atoms with Crippen molar-refractivity contribution in [1.82, 2.24) is 15.5 Å². The van der Waals surface area contributed by atoms with Gasteiger partial charge >= 0.3 is 5.97 Å². The fraction of sp³-hybridized carbons (Fsp3) is 0.528. The number of phenols is 1. The van der Waals surface area contributed by atoms with E-state index in [-0.39, 0.29) is 63.3 Å². The first-order chi connectivity index (χ1) is 24.4. The molecule has 0 heterocycles. The number of imide groups is 1. The summed E-state index contributed by atoms with van der Waals surface area (Å²) in [5.41, 5.74) is 13.4. The van der Waals surface area contributed by atoms with E-state index in [1.807, 2.05) is 0 Å². The molecule has 14 nitrogen and oxygen atoms in total. The zero-order valence-corrected chi connectivity index (χ0v) is 31.9. The van der Waals surface area contributed by atoms with E-state index in [1.54, 1.807) is 56.3 Å². The highest BCUT2D eigenvalue weighted by molar-refractivity contribution is 7.90. The SMILES string of the molecule is Cl.[2H]CC(C)(C)c1cc(C[C@H](N)C(=O)N(CC(=O)N[C@@H](Cc2ccccc2)C(=O)NCCCCCC(=O)OC)C(=O)[C@H](N)CCS(C)(=O)=O)ccc1O. The number of nitrogens with two attached hydrogens (primary N) is 2. The molecular formula is C36H54ClN5O9S. The number of carbonyl (C=O) groups is 5. The highest BCUT2D eigenvalue weighted by Crippen LogP contribution is 2.31. The molecular weight excluding hydrogens is 714 g/mol. The molecule has 3 atom stereocenters. The molecule has 0 saturated carbocycles. The monoisotopic (exact) mass is 768 g/mol. The number of aromatic hydroxyl groups is 1. The van der Waals surface area contributed by atoms with Crippen molar-refractivity contribution >= 4 is 51.8 Å². The first-order valence-electron chi connectivity index (χ1n) is 17.4. The van der Waals surface area contributed by atoms with Crippen molar-refractivity contribution in [3.05, 3.63) is 65.2 Å². The minimum atomic E-state index is -3.51. The number of hydrogen-bond donors (Lipinski definition) is 5. The van der Waals surface area contributed by atoms with Gasteiger partial charge in [-0.1, -0.05) is 69.6 Å². The third-order valence-electron chi connectivity index (χ3n) is 8.03. The van der Waals surface area contributed by atoms with Gasteiger partial charge in [0, 0.05) is 27.0 Å². The van der Waals surface area contributed by atoms with Gasteiger partial charge in [-0.25, -0.2) is 8.42 Å². The van der Waals surface area contributed by atoms with Crippen molar-refractivity contribution in [3.8, 4) is 5.75 Å². The fourth-order valence-corrected chi connectivity index (χ4v) is 5.86. The zero-order chi connectivity index (χ0) is 39.1. The molecule has 0 radical (unpaired) electrons. The number of nitrogens with one attached hydrogen (secondary N) is 2. The summed E-state index contributed by atoms with van der Waals surface area (Å²) in [7, 11) is -2.20. The minimum absolute atomic E-state index is 0. The second-order valence-electron chi connectivity index (χ2n) is 13.3. The van der Waals surface area contributed by atoms with Crippen molar-refractivity contribution in [2.45, 2.75) is 89.2 Å². The number of carbonyl (C=O) groups excluding carboxylic acids is 5. The second-order valence-corrected chi connectivity index (χ2v) is 15.6. The number of phenolic OH excluding ortho intramolecular Hbond substituents is 1. The molecule has 0 bridgehead atoms. The lowest BCUT2D eigenvalue weighted by Gasteiger charge is -2.27. The highest BCUT2D eigenvalue weighted by Gasteiger charge is 2.33. The molecule has 2 aromatic rings. The predicted octanol–water partition coefficient (Wildman–Crippen LogP) is 1.68. The van der Waals surface area contributed by atoms with E-state index < -0.39 is 69.3 Å². The van der Waals surface area contributed by atoms with Gasteiger partial charge in [-0.2, -0.15) is 0 Å². The van der Waals surface area contributed by atoms with Crippen LogP contribution in [0.1, 0.15) is 70.9 Å². The maximum Gasteiger partial charge on any atom is 0.305 e. The fourth-order valence-electron chi connectivity index (χ4n) is 5.17. The highest BCUT2D eigenvalue weighted by atomic mass is 35.5. The Morgan fingerprint density at radius 1 is 0.962 bits per heavy atom. The molecule has 0 fully saturated rings. The Morgan fingerprint density at radius 3 is 2.23 bits per heavy atom. The summed E-state index contributed by atoms with van der Waals surface area (Å²) < 4.78 is 36.0. The maximum absolute atomic E-state index is 13.8. The molecule has 0 aliphatic carbocycles. The lowest BCUT2D eigenvalue weighted by Crippen LogP contribution is -2.57. The third-order valence-corrected chi connectivity index (χ3v) is 9.01. The number of unbranched alkanes of at least 4 members (excludes halogenated alkanes) is 2. The summed E-state index contributed by atoms with van der Waals surface area (Å²) in [6.45, 7) is 2.95. The van der Waals surface area contributed by atoms with Crippen molar-refractivity contribution in [2.24, 2.45) is 11.5 Å². The van der Waals surface area contributed by atoms with Crippen LogP contribution in [0.4, 0.5) is 0 Å². The number of rotatable bonds is 19. The van der Waals surface area contributed by atoms with Gasteiger partial charge in [-0.3, -0.25) is 28.9 Å². The molecule has 0 spiro atoms. The van der Waals surface area contributed by atoms with E-state index in [2.05, 4.69) is 15.4 Å². The molecule has 2 aromatic carbocycles. The van der Waals surface area contributed by atoms with Crippen LogP contribution in [0, 0.1) is 0 Å². The smallest absolute Gasteiger partial charge is 0.305 e. The van der Waals surface area contributed by atoms with Crippen LogP contribution in [0.3, 0.4) is 0 Å². The van der Waals surface area contributed by atoms with Crippen LogP contribution in [0.5, 0.6) is 5.75 Å². The van der Waals surface area contributed by atoms with Crippen LogP contribution in [-0.4, -0.2) is 98.4 Å². The number of nitrogens with zero attached hydrogens (tertiary/aromatic N) is 1. The summed E-state index contributed by atoms with van der Waals surface area (Å²) in [4.78, 5) is 66.1. The van der Waals surface area contributed by atoms with Crippen molar-refractivity contribution in [1.29, 1.82) is 0 Å². The number of methoxy groups -OCH3 is 1. The van der Waals surface area contributed by atoms with Gasteiger partial charge in [0.05, 0.1) is 24.9 Å². The Bertz CT molecular complexity index is 1650. The van der Waals surface area contributed by atoms with Crippen molar-refractivity contribution in [2.75, 3.05) is 32.2 Å². The number of esters is 1. The van der Waals surface area contributed by atoms with E-state index in [4.69, 9.17) is 12.8 Å². The Labute approximate surface area is 314 Å². The number of sulfone groups is 1. The average Bonchev–Trinajstić information content (AvgIpc) is 3.10. The van der Waals surface area contributed by atoms with Gasteiger partial charge in [-0.05, 0) is 53.9 Å². The summed E-state index contributed by atoms with van der Waals surface area (Å²) in [5, 5.41) is 15.8. The average molecular weight is 769 g/mol. The van der Waals surface area contributed by atoms with Gasteiger partial charge < -0.3 is 31.9 Å². The quantitative estimate of drug-likeness (QED) is 0.102. The van der Waals surface area contributed by atoms with Crippen LogP contribution in [0.15, 0.2) is 48.5 Å². The van der Waals surface area contributed by atoms with Gasteiger partial charge in [0.25, 0.3) is 0 Å². The molecule has 0 aliphatic heterocycles. The first kappa shape index (κ1) is 44.1. The zero-order valence-electron chi connectivity index (χ0n) is 31.3. The summed E-state index contributed by atoms with van der Waals surface area (Å²) in [5.74, 6) is -4.13. The second kappa shape index (κ2) is 21.5. The number of amides is 4. The number of benzene rings is 2. The van der Waals surface area contributed by atoms with E-state index in [9.17, 15) is 37.5 Å². The molecule has 0 aliphatic rings. The van der Waals surface area contributed by atoms with Gasteiger partial charge in [0.1, 0.15) is 28.2 Å². The summed E-state index contributed by atoms with van der Waals surface area (Å²) >= 11 is 0. The summed E-state index contributed by atoms with van der Waals surface area (Å²) in [6, 6.07) is 9.58. The molecule has 0 unspecified atom stereocenters. The minimum Gasteiger partial charge on any atom is -0.508 e. The van der Waals surface area contributed by atoms with Gasteiger partial charge in [0.15, 0.2) is 0 Å². The van der Waals surface area contributed by atoms with Crippen LogP contribution in [0.25, 0.3) is 0 Å². The molecule has 16 heteroatoms. The molecule has 52 heavy (non-hydrogen) atoms. The van der Waals surface area contributed by atoms with E-state index in [0.717, 1.165) is 11.8 Å². The lowest BCUT2D eigenvalue weighted by molar-refractivity contribution is -0.149. The third kappa shape index (κ3) is 16.1. The molecule has 290 valence electrons. The topological polar surface area (TPSA) is 228 Å². The molecule has 2 rings (SSSR count). The maximum atomic E-state index is 13.8. The standard InChI is InChI=1S/C36H53N5O9S.ClH/c1-36(2,3)26-20-25(15-16-30(26)42)21-28(38)35(47)41(34(46)27(37)17-19-51(5,48)49)23-31(43)40-29(22-24-12-8-6-9-13-24)33(45)39-18-11-7-10-14-32(44)50-4;/h6,8-9,12-13,15-16,20,27-29,42H,7,10-11,14,17-19,21-23,37-38H2,1-5H3,(H,39,45)(H,40,43);1H/t27-,28+,29+;/m1./s1/i1D;. The van der Waals surface area contributed by atoms with E-state index >= 15 is 0 Å². The van der Waals surface area contributed by atoms with Crippen LogP contribution in [-0.2, 0) is 56.8 Å². The molecule has 7 N–H and O–H groups in total. The van der Waals surface area contributed by atoms with Crippen molar-refractivity contribution in [3.63, 3.8) is 0 Å². The van der Waals surface area contributed by atoms with Gasteiger partial charge in [-0.15, -0.1) is 12.4 Å². The first-order valence-corrected chi connectivity index (χ1v) is 18.8. The van der Waals surface area contributed by atoms with Gasteiger partial charge in [0.2, 0.25) is 23.6 Å². The van der Waals surface area contributed by atoms with E-state index in [1.165, 1.54) is 13.2 Å². The van der Waals surface area contributed by atoms with Crippen LogP contribution >= 0.6 is 12.4 Å². The molecule has 0 saturated heterocycles. The van der Waals surface area contributed by atoms with Crippen LogP contribution in [0.2, 0.25) is 0 Å². The Hall–Kier alpha value is -4.05. The molecule has 4 amide bonds. The Kier molecular flexibility index (Phi) is 18.2. The number of ether oxygens (including phenoxy) is 1. The number of hydrogen-bond acceptors (Lipinski definition) is 11. The van der Waals surface area contributed by atoms with Crippen LogP contribution < -0.4 is 22.1 Å². The Balaban J connectivity index is 0.0000140. The number of halogens is 1. The Morgan fingerprint density at radius 2 is 1.62 bits per heavy atom. The van der Waals surface area contributed by atoms with E-state index in [0.29, 0.717) is 35.3 Å². The summed E-state index contributed by atoms with van der Waals surface area (Å²) in [6.07, 6.45) is 2.69. The lowest BCUT2D eigenvalue weighted by atomic mass is 9.85. The largest absolute Gasteiger partial charge is 0.508 e. The normalized spacial score (nSPS) is 13.4. The van der Waals surface area contributed by atoms with Crippen molar-refractivity contribution < 1.29 is 43.6 Å².